The third kappa shape index (κ3) is 8.67. The maximum absolute atomic E-state index is 6.18. The van der Waals surface area contributed by atoms with Crippen molar-refractivity contribution in [3.8, 4) is 5.75 Å². The van der Waals surface area contributed by atoms with E-state index in [1.54, 1.807) is 7.05 Å². The van der Waals surface area contributed by atoms with Crippen LogP contribution in [0.4, 0.5) is 0 Å². The second-order valence-corrected chi connectivity index (χ2v) is 7.35. The lowest BCUT2D eigenvalue weighted by Gasteiger charge is -2.22. The zero-order valence-corrected chi connectivity index (χ0v) is 17.8. The Hall–Kier alpha value is -1.50. The molecule has 0 bridgehead atoms. The number of guanidine groups is 1. The fourth-order valence-corrected chi connectivity index (χ4v) is 3.14. The third-order valence-corrected chi connectivity index (χ3v) is 5.07. The summed E-state index contributed by atoms with van der Waals surface area (Å²) < 4.78 is 17.2. The van der Waals surface area contributed by atoms with Gasteiger partial charge in [0.05, 0.1) is 11.6 Å². The van der Waals surface area contributed by atoms with Crippen molar-refractivity contribution in [1.82, 2.24) is 10.6 Å². The van der Waals surface area contributed by atoms with E-state index in [0.717, 1.165) is 64.6 Å². The highest BCUT2D eigenvalue weighted by atomic mass is 35.5. The van der Waals surface area contributed by atoms with Gasteiger partial charge in [-0.2, -0.15) is 0 Å². The molecule has 1 aliphatic rings. The maximum atomic E-state index is 6.18. The normalized spacial score (nSPS) is 16.6. The summed E-state index contributed by atoms with van der Waals surface area (Å²) in [6, 6.07) is 7.54. The van der Waals surface area contributed by atoms with Crippen molar-refractivity contribution >= 4 is 17.6 Å². The van der Waals surface area contributed by atoms with Crippen LogP contribution in [0.25, 0.3) is 0 Å². The van der Waals surface area contributed by atoms with Crippen LogP contribution in [0.2, 0.25) is 5.02 Å². The van der Waals surface area contributed by atoms with Crippen LogP contribution >= 0.6 is 11.6 Å². The highest BCUT2D eigenvalue weighted by Crippen LogP contribution is 2.24. The first-order valence-corrected chi connectivity index (χ1v) is 10.6. The molecule has 1 aliphatic heterocycles. The van der Waals surface area contributed by atoms with Crippen molar-refractivity contribution in [3.63, 3.8) is 0 Å². The summed E-state index contributed by atoms with van der Waals surface area (Å²) in [7, 11) is 1.77. The molecule has 1 saturated heterocycles. The van der Waals surface area contributed by atoms with Crippen LogP contribution in [0.5, 0.6) is 5.75 Å². The standard InChI is InChI=1S/C21H34ClN3O3/c1-3-18(28-20-8-5-4-7-19(20)22)15-25-21(23-2)24-11-6-12-27-16-17-9-13-26-14-10-17/h4-5,7-8,17-18H,3,6,9-16H2,1-2H3,(H2,23,24,25). The van der Waals surface area contributed by atoms with Gasteiger partial charge in [0.2, 0.25) is 0 Å². The van der Waals surface area contributed by atoms with E-state index in [1.807, 2.05) is 24.3 Å². The lowest BCUT2D eigenvalue weighted by Crippen LogP contribution is -2.42. The van der Waals surface area contributed by atoms with E-state index in [4.69, 9.17) is 25.8 Å². The number of halogens is 1. The van der Waals surface area contributed by atoms with E-state index >= 15 is 0 Å². The Balaban J connectivity index is 1.58. The summed E-state index contributed by atoms with van der Waals surface area (Å²) >= 11 is 6.18. The first-order chi connectivity index (χ1) is 13.7. The number of para-hydroxylation sites is 1. The summed E-state index contributed by atoms with van der Waals surface area (Å²) in [5.74, 6) is 2.13. The van der Waals surface area contributed by atoms with Crippen LogP contribution in [-0.4, -0.2) is 58.6 Å². The lowest BCUT2D eigenvalue weighted by atomic mass is 10.0. The molecule has 2 N–H and O–H groups in total. The maximum Gasteiger partial charge on any atom is 0.191 e. The van der Waals surface area contributed by atoms with Gasteiger partial charge in [0.1, 0.15) is 11.9 Å². The van der Waals surface area contributed by atoms with Gasteiger partial charge in [0.15, 0.2) is 5.96 Å². The van der Waals surface area contributed by atoms with Crippen molar-refractivity contribution in [2.45, 2.75) is 38.7 Å². The van der Waals surface area contributed by atoms with Gasteiger partial charge in [0.25, 0.3) is 0 Å². The topological polar surface area (TPSA) is 64.1 Å². The van der Waals surface area contributed by atoms with Crippen molar-refractivity contribution in [2.24, 2.45) is 10.9 Å². The van der Waals surface area contributed by atoms with Gasteiger partial charge in [-0.05, 0) is 43.7 Å². The van der Waals surface area contributed by atoms with E-state index in [0.29, 0.717) is 23.2 Å². The molecule has 0 amide bonds. The molecule has 0 aliphatic carbocycles. The largest absolute Gasteiger partial charge is 0.487 e. The number of nitrogens with one attached hydrogen (secondary N) is 2. The summed E-state index contributed by atoms with van der Waals surface area (Å²) in [6.07, 6.45) is 4.06. The second kappa shape index (κ2) is 13.6. The number of hydrogen-bond acceptors (Lipinski definition) is 4. The number of hydrogen-bond donors (Lipinski definition) is 2. The van der Waals surface area contributed by atoms with Gasteiger partial charge in [-0.25, -0.2) is 0 Å². The molecule has 1 unspecified atom stereocenters. The molecule has 28 heavy (non-hydrogen) atoms. The van der Waals surface area contributed by atoms with Crippen molar-refractivity contribution < 1.29 is 14.2 Å². The third-order valence-electron chi connectivity index (χ3n) is 4.76. The van der Waals surface area contributed by atoms with Crippen LogP contribution in [0.1, 0.15) is 32.6 Å². The number of rotatable bonds is 11. The SMILES string of the molecule is CCC(CNC(=NC)NCCCOCC1CCOCC1)Oc1ccccc1Cl. The first kappa shape index (κ1) is 22.8. The summed E-state index contributed by atoms with van der Waals surface area (Å²) in [4.78, 5) is 4.27. The van der Waals surface area contributed by atoms with Crippen LogP contribution in [-0.2, 0) is 9.47 Å². The molecule has 158 valence electrons. The predicted octanol–water partition coefficient (Wildman–Crippen LogP) is 3.50. The average molecular weight is 412 g/mol. The summed E-state index contributed by atoms with van der Waals surface area (Å²) in [5.41, 5.74) is 0. The molecule has 2 rings (SSSR count). The van der Waals surface area contributed by atoms with E-state index in [9.17, 15) is 0 Å². The Morgan fingerprint density at radius 2 is 2.07 bits per heavy atom. The highest BCUT2D eigenvalue weighted by molar-refractivity contribution is 6.32. The predicted molar refractivity (Wildman–Crippen MR) is 115 cm³/mol. The molecule has 0 aromatic heterocycles. The van der Waals surface area contributed by atoms with Gasteiger partial charge in [-0.3, -0.25) is 4.99 Å². The quantitative estimate of drug-likeness (QED) is 0.331. The van der Waals surface area contributed by atoms with Crippen molar-refractivity contribution in [1.29, 1.82) is 0 Å². The van der Waals surface area contributed by atoms with E-state index in [2.05, 4.69) is 22.5 Å². The van der Waals surface area contributed by atoms with Gasteiger partial charge in [-0.1, -0.05) is 30.7 Å². The minimum absolute atomic E-state index is 0.0151. The van der Waals surface area contributed by atoms with Crippen molar-refractivity contribution in [2.75, 3.05) is 46.6 Å². The molecule has 6 nitrogen and oxygen atoms in total. The molecule has 1 aromatic carbocycles. The first-order valence-electron chi connectivity index (χ1n) is 10.2. The Morgan fingerprint density at radius 1 is 1.29 bits per heavy atom. The zero-order valence-electron chi connectivity index (χ0n) is 17.1. The zero-order chi connectivity index (χ0) is 20.0. The van der Waals surface area contributed by atoms with E-state index in [-0.39, 0.29) is 6.10 Å². The fraction of sp³-hybridized carbons (Fsp3) is 0.667. The summed E-state index contributed by atoms with van der Waals surface area (Å²) in [5, 5.41) is 7.27. The Kier molecular flexibility index (Phi) is 11.1. The van der Waals surface area contributed by atoms with E-state index < -0.39 is 0 Å². The van der Waals surface area contributed by atoms with Gasteiger partial charge >= 0.3 is 0 Å². The Bertz CT molecular complexity index is 580. The highest BCUT2D eigenvalue weighted by Gasteiger charge is 2.13. The molecule has 0 saturated carbocycles. The molecule has 1 heterocycles. The van der Waals surface area contributed by atoms with Gasteiger partial charge < -0.3 is 24.8 Å². The molecule has 1 aromatic rings. The molecule has 7 heteroatoms. The minimum Gasteiger partial charge on any atom is -0.487 e. The van der Waals surface area contributed by atoms with Crippen molar-refractivity contribution in [3.05, 3.63) is 29.3 Å². The molecule has 0 radical (unpaired) electrons. The lowest BCUT2D eigenvalue weighted by molar-refractivity contribution is 0.0203. The van der Waals surface area contributed by atoms with Crippen LogP contribution in [0.3, 0.4) is 0 Å². The summed E-state index contributed by atoms with van der Waals surface area (Å²) in [6.45, 7) is 6.90. The molecular formula is C21H34ClN3O3. The molecular weight excluding hydrogens is 378 g/mol. The van der Waals surface area contributed by atoms with Crippen LogP contribution < -0.4 is 15.4 Å². The molecule has 1 fully saturated rings. The van der Waals surface area contributed by atoms with Gasteiger partial charge in [-0.15, -0.1) is 0 Å². The Morgan fingerprint density at radius 3 is 2.79 bits per heavy atom. The fourth-order valence-electron chi connectivity index (χ4n) is 2.96. The molecule has 1 atom stereocenters. The number of aliphatic imine (C=N–C) groups is 1. The smallest absolute Gasteiger partial charge is 0.191 e. The van der Waals surface area contributed by atoms with Crippen LogP contribution in [0.15, 0.2) is 29.3 Å². The number of ether oxygens (including phenoxy) is 3. The number of nitrogens with zero attached hydrogens (tertiary/aromatic N) is 1. The number of benzene rings is 1. The average Bonchev–Trinajstić information content (AvgIpc) is 2.73. The minimum atomic E-state index is 0.0151. The van der Waals surface area contributed by atoms with Crippen LogP contribution in [0, 0.1) is 5.92 Å². The Labute approximate surface area is 174 Å². The molecule has 0 spiro atoms. The van der Waals surface area contributed by atoms with E-state index in [1.165, 1.54) is 0 Å². The van der Waals surface area contributed by atoms with Gasteiger partial charge in [0, 0.05) is 40.0 Å². The second-order valence-electron chi connectivity index (χ2n) is 6.94. The monoisotopic (exact) mass is 411 g/mol.